The van der Waals surface area contributed by atoms with E-state index in [9.17, 15) is 13.7 Å². The van der Waals surface area contributed by atoms with E-state index < -0.39 is 112 Å². The fourth-order valence-electron chi connectivity index (χ4n) is 13.6. The lowest BCUT2D eigenvalue weighted by atomic mass is 9.63. The highest BCUT2D eigenvalue weighted by atomic mass is 28.3. The van der Waals surface area contributed by atoms with Gasteiger partial charge < -0.3 is 4.74 Å². The van der Waals surface area contributed by atoms with Crippen LogP contribution in [0.4, 0.5) is 0 Å². The number of hydrogen-bond acceptors (Lipinski definition) is 2. The molecule has 6 heteroatoms. The maximum absolute atomic E-state index is 10.5. The Morgan fingerprint density at radius 3 is 1.75 bits per heavy atom. The van der Waals surface area contributed by atoms with Gasteiger partial charge in [0.15, 0.2) is 8.07 Å². The van der Waals surface area contributed by atoms with Gasteiger partial charge in [-0.05, 0) is 160 Å². The maximum atomic E-state index is 10.5. The average molecular weight is 1270 g/mol. The van der Waals surface area contributed by atoms with Crippen molar-refractivity contribution in [3.05, 3.63) is 307 Å². The number of imidazole rings is 1. The summed E-state index contributed by atoms with van der Waals surface area (Å²) in [4.78, 5) is 5.15. The van der Waals surface area contributed by atoms with E-state index in [4.69, 9.17) is 26.2 Å². The number of hydrogen-bond donors (Lipinski definition) is 0. The number of benzene rings is 11. The lowest BCUT2D eigenvalue weighted by Crippen LogP contribution is -2.74. The molecular weight excluding hydrogens is 1170 g/mol. The van der Waals surface area contributed by atoms with Crippen LogP contribution in [0.25, 0.3) is 83.4 Å². The van der Waals surface area contributed by atoms with Crippen molar-refractivity contribution in [3.8, 4) is 62.1 Å². The van der Waals surface area contributed by atoms with Gasteiger partial charge in [-0.15, -0.1) is 0 Å². The summed E-state index contributed by atoms with van der Waals surface area (Å²) in [6.45, 7) is -7.43. The second kappa shape index (κ2) is 23.4. The second-order valence-electron chi connectivity index (χ2n) is 26.7. The number of ether oxygens (including phenoxy) is 1. The van der Waals surface area contributed by atoms with Crippen molar-refractivity contribution in [3.63, 3.8) is 0 Å². The van der Waals surface area contributed by atoms with Gasteiger partial charge in [0, 0.05) is 54.6 Å². The zero-order valence-electron chi connectivity index (χ0n) is 75.4. The van der Waals surface area contributed by atoms with Crippen LogP contribution in [0.1, 0.15) is 140 Å². The van der Waals surface area contributed by atoms with Gasteiger partial charge in [-0.1, -0.05) is 287 Å². The Hall–Kier alpha value is -10.1. The first-order valence-electron chi connectivity index (χ1n) is 42.8. The molecule has 0 spiro atoms. The van der Waals surface area contributed by atoms with Crippen LogP contribution in [0.5, 0.6) is 11.5 Å². The molecule has 0 N–H and O–H groups in total. The molecule has 0 unspecified atom stereocenters. The molecule has 0 fully saturated rings. The predicted molar refractivity (Wildman–Crippen MR) is 400 cm³/mol. The van der Waals surface area contributed by atoms with Crippen LogP contribution in [0, 0.1) is 13.2 Å². The SMILES string of the molecule is [2H]c1c([2H])c2c(c([2H])c1-c1cccc(-c3cc(C(C)(C)C)cc(C(C)(C)C)c3)c1-[n+]1[c-]n(-c3cccc(Oc4ccc5c6ccccc6n(-c6cc(C([2H])([2H])[2H])c(-c7cccc([Si](c8ccccc8)(c8ccccc8)c8ccccc8)c7)cn6)c5c4)c3)c3ccccc31)C(C([2H])([2H])[2H])(C([2H])([2H])[2H])C([2H])([2H])C([2H])([2H])C2(C([2H])([2H])[2H])C([2H])([2H])[2H]. The van der Waals surface area contributed by atoms with E-state index in [0.717, 1.165) is 48.2 Å². The van der Waals surface area contributed by atoms with Gasteiger partial charge in [-0.3, -0.25) is 13.7 Å². The third kappa shape index (κ3) is 10.8. The van der Waals surface area contributed by atoms with E-state index in [0.29, 0.717) is 61.8 Å². The van der Waals surface area contributed by atoms with Crippen molar-refractivity contribution in [1.82, 2.24) is 14.1 Å². The molecule has 14 aromatic rings. The molecule has 0 radical (unpaired) electrons. The van der Waals surface area contributed by atoms with Crippen molar-refractivity contribution >= 4 is 61.7 Å². The molecule has 0 saturated carbocycles. The smallest absolute Gasteiger partial charge is 0.269 e. The molecule has 0 aliphatic heterocycles. The lowest BCUT2D eigenvalue weighted by molar-refractivity contribution is -0.571. The predicted octanol–water partition coefficient (Wildman–Crippen LogP) is 19.6. The molecule has 15 rings (SSSR count). The topological polar surface area (TPSA) is 35.9 Å². The van der Waals surface area contributed by atoms with Gasteiger partial charge in [-0.2, -0.15) is 0 Å². The Balaban J connectivity index is 0.902. The minimum absolute atomic E-state index is 0.0784. The van der Waals surface area contributed by atoms with E-state index >= 15 is 0 Å². The minimum atomic E-state index is -4.54. The summed E-state index contributed by atoms with van der Waals surface area (Å²) < 4.78 is 217. The number of nitrogens with zero attached hydrogens (tertiary/aromatic N) is 4. The van der Waals surface area contributed by atoms with Gasteiger partial charge in [0.05, 0.1) is 37.6 Å². The number of para-hydroxylation sites is 4. The Morgan fingerprint density at radius 1 is 0.505 bits per heavy atom. The van der Waals surface area contributed by atoms with E-state index in [1.807, 2.05) is 131 Å². The highest BCUT2D eigenvalue weighted by Crippen LogP contribution is 2.48. The van der Waals surface area contributed by atoms with Crippen LogP contribution < -0.4 is 30.1 Å². The van der Waals surface area contributed by atoms with Crippen molar-refractivity contribution in [1.29, 1.82) is 0 Å². The summed E-state index contributed by atoms with van der Waals surface area (Å²) in [6.07, 6.45) is -3.89. The standard InChI is InChI=1S/C89H82N4OSi/c1-60-50-84(90-58-77(60)61-28-25-37-72(53-61)95(69-31-15-12-16-32-69,70-33-17-13-18-34-70)71-35-19-14-20-36-71)93-80-41-22-21-38-75(80)76-46-45-68(57-83(76)93)94-67-30-26-29-66(56-67)91-59-92(82-43-24-23-42-81(82)91)85-73(62-44-47-78-79(54-62)89(10,11)49-48-88(78,8)9)39-27-40-74(85)63-51-64(86(2,3)4)55-65(52-63)87(5,6)7/h12-47,50-58H,48-49H2,1-11H3/i1D3,8D3,9D3,10D3,11D3,44D,47D,48D2,49D2,54D. The summed E-state index contributed by atoms with van der Waals surface area (Å²) in [5, 5.41) is 6.22. The van der Waals surface area contributed by atoms with Crippen molar-refractivity contribution in [2.45, 2.75) is 110 Å². The summed E-state index contributed by atoms with van der Waals surface area (Å²) >= 11 is 0. The lowest BCUT2D eigenvalue weighted by Gasteiger charge is -2.42. The van der Waals surface area contributed by atoms with Gasteiger partial charge in [0.25, 0.3) is 6.33 Å². The van der Waals surface area contributed by atoms with Crippen LogP contribution >= 0.6 is 0 Å². The highest BCUT2D eigenvalue weighted by molar-refractivity contribution is 7.19. The molecule has 95 heavy (non-hydrogen) atoms. The normalized spacial score (nSPS) is 19.1. The van der Waals surface area contributed by atoms with E-state index in [2.05, 4.69) is 97.3 Å². The van der Waals surface area contributed by atoms with Gasteiger partial charge in [0.2, 0.25) is 0 Å². The first-order valence-corrected chi connectivity index (χ1v) is 33.8. The van der Waals surface area contributed by atoms with Crippen LogP contribution in [0.3, 0.4) is 0 Å². The number of fused-ring (bicyclic) bond motifs is 5. The molecule has 3 heterocycles. The van der Waals surface area contributed by atoms with Crippen LogP contribution in [0.2, 0.25) is 0 Å². The quantitative estimate of drug-likeness (QED) is 0.0529. The molecule has 1 aliphatic carbocycles. The van der Waals surface area contributed by atoms with E-state index in [1.165, 1.54) is 6.07 Å². The molecular formula is C89H82N4OSi. The Labute approximate surface area is 592 Å². The molecule has 0 bridgehead atoms. The third-order valence-electron chi connectivity index (χ3n) is 18.4. The molecule has 5 nitrogen and oxygen atoms in total. The minimum Gasteiger partial charge on any atom is -0.458 e. The number of aromatic nitrogens is 4. The third-order valence-corrected chi connectivity index (χ3v) is 23.1. The summed E-state index contributed by atoms with van der Waals surface area (Å²) in [7, 11) is -3.06. The fraction of sp³-hybridized carbons (Fsp3) is 0.191. The monoisotopic (exact) mass is 1270 g/mol. The number of aryl methyl sites for hydroxylation is 1. The summed E-state index contributed by atoms with van der Waals surface area (Å²) in [5.74, 6) is 1.07. The van der Waals surface area contributed by atoms with Gasteiger partial charge in [0.1, 0.15) is 17.3 Å². The molecule has 0 amide bonds. The molecule has 468 valence electrons. The molecule has 0 atom stereocenters. The number of pyridine rings is 1. The Bertz CT molecular complexity index is 6090. The number of rotatable bonds is 12. The van der Waals surface area contributed by atoms with E-state index in [-0.39, 0.29) is 16.8 Å². The zero-order chi connectivity index (χ0) is 84.3. The largest absolute Gasteiger partial charge is 0.458 e. The molecule has 0 saturated heterocycles. The highest BCUT2D eigenvalue weighted by Gasteiger charge is 2.42. The van der Waals surface area contributed by atoms with Crippen LogP contribution in [0.15, 0.2) is 273 Å². The Kier molecular flexibility index (Phi) is 10.1. The maximum Gasteiger partial charge on any atom is 0.269 e. The van der Waals surface area contributed by atoms with E-state index in [1.54, 1.807) is 82.1 Å². The fourth-order valence-corrected chi connectivity index (χ4v) is 18.4. The van der Waals surface area contributed by atoms with Crippen LogP contribution in [-0.4, -0.2) is 22.2 Å². The van der Waals surface area contributed by atoms with Crippen molar-refractivity contribution < 1.29 is 39.5 Å². The first kappa shape index (κ1) is 40.9. The zero-order valence-corrected chi connectivity index (χ0v) is 54.4. The second-order valence-corrected chi connectivity index (χ2v) is 30.5. The van der Waals surface area contributed by atoms with Crippen LogP contribution in [-0.2, 0) is 21.7 Å². The average Bonchev–Trinajstić information content (AvgIpc) is 1.41. The first-order chi connectivity index (χ1) is 54.8. The van der Waals surface area contributed by atoms with Gasteiger partial charge >= 0.3 is 0 Å². The summed E-state index contributed by atoms with van der Waals surface area (Å²) in [5.41, 5.74) is -6.94. The van der Waals surface area contributed by atoms with Crippen molar-refractivity contribution in [2.75, 3.05) is 0 Å². The molecule has 3 aromatic heterocycles. The summed E-state index contributed by atoms with van der Waals surface area (Å²) in [6, 6.07) is 75.7. The van der Waals surface area contributed by atoms with Gasteiger partial charge in [-0.25, -0.2) is 4.98 Å². The molecule has 1 aliphatic rings. The molecule has 11 aromatic carbocycles. The Morgan fingerprint density at radius 2 is 1.08 bits per heavy atom. The van der Waals surface area contributed by atoms with Crippen molar-refractivity contribution in [2.24, 2.45) is 0 Å².